The van der Waals surface area contributed by atoms with Gasteiger partial charge in [-0.25, -0.2) is 9.80 Å². The Labute approximate surface area is 204 Å². The lowest BCUT2D eigenvalue weighted by molar-refractivity contribution is -0.133. The number of rotatable bonds is 9. The van der Waals surface area contributed by atoms with Gasteiger partial charge in [0.1, 0.15) is 6.54 Å². The molecule has 0 saturated carbocycles. The average Bonchev–Trinajstić information content (AvgIpc) is 3.26. The standard InChI is InChI=1S/C24H28Cl2N4O3/c1-3-12-27-24(32)29(13-14-33-2)16-23(31)30-22(17-8-10-18(25)11-9-17)15-21(28-30)19-6-4-5-7-20(19)26/h4-11,22H,3,12-16H2,1-2H3,(H,27,32)/t22-/m1/s1. The summed E-state index contributed by atoms with van der Waals surface area (Å²) in [7, 11) is 1.56. The maximum absolute atomic E-state index is 13.4. The first-order valence-electron chi connectivity index (χ1n) is 10.9. The van der Waals surface area contributed by atoms with Gasteiger partial charge in [-0.2, -0.15) is 5.10 Å². The lowest BCUT2D eigenvalue weighted by Crippen LogP contribution is -2.47. The number of methoxy groups -OCH3 is 1. The molecule has 0 radical (unpaired) electrons. The molecule has 3 rings (SSSR count). The van der Waals surface area contributed by atoms with E-state index in [2.05, 4.69) is 10.4 Å². The van der Waals surface area contributed by atoms with Crippen molar-refractivity contribution < 1.29 is 14.3 Å². The first kappa shape index (κ1) is 25.0. The molecule has 2 aromatic rings. The van der Waals surface area contributed by atoms with Crippen LogP contribution in [0.15, 0.2) is 53.6 Å². The second-order valence-electron chi connectivity index (χ2n) is 7.68. The minimum atomic E-state index is -0.330. The normalized spacial score (nSPS) is 15.3. The van der Waals surface area contributed by atoms with Crippen LogP contribution in [0.25, 0.3) is 0 Å². The molecule has 2 aromatic carbocycles. The molecular formula is C24H28Cl2N4O3. The molecule has 1 N–H and O–H groups in total. The van der Waals surface area contributed by atoms with E-state index < -0.39 is 0 Å². The van der Waals surface area contributed by atoms with E-state index in [9.17, 15) is 9.59 Å². The van der Waals surface area contributed by atoms with Crippen LogP contribution in [0.2, 0.25) is 10.0 Å². The molecule has 176 valence electrons. The third kappa shape index (κ3) is 6.47. The maximum atomic E-state index is 13.4. The number of nitrogens with one attached hydrogen (secondary N) is 1. The third-order valence-electron chi connectivity index (χ3n) is 5.31. The number of amides is 3. The number of ether oxygens (including phenoxy) is 1. The maximum Gasteiger partial charge on any atom is 0.317 e. The Balaban J connectivity index is 1.88. The lowest BCUT2D eigenvalue weighted by atomic mass is 9.98. The Hall–Kier alpha value is -2.61. The van der Waals surface area contributed by atoms with Gasteiger partial charge in [0.2, 0.25) is 0 Å². The summed E-state index contributed by atoms with van der Waals surface area (Å²) < 4.78 is 5.12. The third-order valence-corrected chi connectivity index (χ3v) is 5.89. The molecule has 0 saturated heterocycles. The van der Waals surface area contributed by atoms with E-state index in [-0.39, 0.29) is 24.5 Å². The monoisotopic (exact) mass is 490 g/mol. The van der Waals surface area contributed by atoms with E-state index in [0.29, 0.717) is 41.9 Å². The Kier molecular flexibility index (Phi) is 9.11. The van der Waals surface area contributed by atoms with Gasteiger partial charge in [0.05, 0.1) is 18.4 Å². The van der Waals surface area contributed by atoms with E-state index in [4.69, 9.17) is 27.9 Å². The molecule has 0 spiro atoms. The number of hydrazone groups is 1. The van der Waals surface area contributed by atoms with Crippen molar-refractivity contribution in [3.8, 4) is 0 Å². The predicted octanol–water partition coefficient (Wildman–Crippen LogP) is 4.74. The Morgan fingerprint density at radius 1 is 1.18 bits per heavy atom. The SMILES string of the molecule is CCCNC(=O)N(CCOC)CC(=O)N1N=C(c2ccccc2Cl)C[C@@H]1c1ccc(Cl)cc1. The smallest absolute Gasteiger partial charge is 0.317 e. The van der Waals surface area contributed by atoms with Gasteiger partial charge in [-0.05, 0) is 30.2 Å². The van der Waals surface area contributed by atoms with Gasteiger partial charge in [0.15, 0.2) is 0 Å². The number of hydrogen-bond donors (Lipinski definition) is 1. The highest BCUT2D eigenvalue weighted by atomic mass is 35.5. The number of urea groups is 1. The zero-order valence-corrected chi connectivity index (χ0v) is 20.3. The molecule has 7 nitrogen and oxygen atoms in total. The van der Waals surface area contributed by atoms with Gasteiger partial charge in [-0.3, -0.25) is 4.79 Å². The average molecular weight is 491 g/mol. The molecule has 33 heavy (non-hydrogen) atoms. The minimum absolute atomic E-state index is 0.123. The fourth-order valence-electron chi connectivity index (χ4n) is 3.58. The van der Waals surface area contributed by atoms with Crippen LogP contribution >= 0.6 is 23.2 Å². The van der Waals surface area contributed by atoms with Crippen LogP contribution in [0.5, 0.6) is 0 Å². The van der Waals surface area contributed by atoms with Crippen LogP contribution in [-0.4, -0.2) is 60.9 Å². The summed E-state index contributed by atoms with van der Waals surface area (Å²) in [5.74, 6) is -0.292. The molecule has 3 amide bonds. The number of carbonyl (C=O) groups excluding carboxylic acids is 2. The van der Waals surface area contributed by atoms with Gasteiger partial charge in [0.25, 0.3) is 5.91 Å². The summed E-state index contributed by atoms with van der Waals surface area (Å²) >= 11 is 12.5. The van der Waals surface area contributed by atoms with Crippen molar-refractivity contribution in [2.24, 2.45) is 5.10 Å². The van der Waals surface area contributed by atoms with Crippen molar-refractivity contribution in [1.29, 1.82) is 0 Å². The largest absolute Gasteiger partial charge is 0.383 e. The molecule has 0 aromatic heterocycles. The highest BCUT2D eigenvalue weighted by Gasteiger charge is 2.34. The molecule has 1 aliphatic heterocycles. The number of halogens is 2. The number of benzene rings is 2. The van der Waals surface area contributed by atoms with Crippen molar-refractivity contribution in [1.82, 2.24) is 15.2 Å². The van der Waals surface area contributed by atoms with Crippen LogP contribution in [0, 0.1) is 0 Å². The molecular weight excluding hydrogens is 463 g/mol. The second-order valence-corrected chi connectivity index (χ2v) is 8.53. The van der Waals surface area contributed by atoms with E-state index in [1.807, 2.05) is 37.3 Å². The Morgan fingerprint density at radius 2 is 1.91 bits per heavy atom. The van der Waals surface area contributed by atoms with Crippen molar-refractivity contribution in [3.63, 3.8) is 0 Å². The highest BCUT2D eigenvalue weighted by Crippen LogP contribution is 2.35. The summed E-state index contributed by atoms with van der Waals surface area (Å²) in [4.78, 5) is 27.5. The molecule has 1 aliphatic rings. The summed E-state index contributed by atoms with van der Waals surface area (Å²) in [6.07, 6.45) is 1.30. The van der Waals surface area contributed by atoms with Crippen LogP contribution in [-0.2, 0) is 9.53 Å². The summed E-state index contributed by atoms with van der Waals surface area (Å²) in [5.41, 5.74) is 2.40. The van der Waals surface area contributed by atoms with E-state index in [1.54, 1.807) is 25.3 Å². The van der Waals surface area contributed by atoms with Crippen LogP contribution < -0.4 is 5.32 Å². The first-order valence-corrected chi connectivity index (χ1v) is 11.6. The molecule has 0 unspecified atom stereocenters. The quantitative estimate of drug-likeness (QED) is 0.551. The van der Waals surface area contributed by atoms with Crippen molar-refractivity contribution >= 4 is 40.9 Å². The summed E-state index contributed by atoms with van der Waals surface area (Å²) in [5, 5.41) is 10.1. The second kappa shape index (κ2) is 12.0. The Bertz CT molecular complexity index is 997. The number of nitrogens with zero attached hydrogens (tertiary/aromatic N) is 3. The molecule has 1 heterocycles. The van der Waals surface area contributed by atoms with E-state index >= 15 is 0 Å². The van der Waals surface area contributed by atoms with Gasteiger partial charge in [-0.1, -0.05) is 60.5 Å². The highest BCUT2D eigenvalue weighted by molar-refractivity contribution is 6.34. The molecule has 0 bridgehead atoms. The first-order chi connectivity index (χ1) is 15.9. The van der Waals surface area contributed by atoms with Gasteiger partial charge < -0.3 is 15.0 Å². The predicted molar refractivity (Wildman–Crippen MR) is 131 cm³/mol. The summed E-state index contributed by atoms with van der Waals surface area (Å²) in [6.45, 7) is 2.99. The van der Waals surface area contributed by atoms with Crippen LogP contribution in [0.3, 0.4) is 0 Å². The van der Waals surface area contributed by atoms with Gasteiger partial charge in [0, 0.05) is 42.2 Å². The molecule has 0 aliphatic carbocycles. The van der Waals surface area contributed by atoms with E-state index in [1.165, 1.54) is 9.91 Å². The van der Waals surface area contributed by atoms with Crippen molar-refractivity contribution in [2.45, 2.75) is 25.8 Å². The Morgan fingerprint density at radius 3 is 2.58 bits per heavy atom. The topological polar surface area (TPSA) is 74.2 Å². The van der Waals surface area contributed by atoms with Crippen molar-refractivity contribution in [2.75, 3.05) is 33.4 Å². The van der Waals surface area contributed by atoms with Crippen molar-refractivity contribution in [3.05, 3.63) is 69.7 Å². The zero-order valence-electron chi connectivity index (χ0n) is 18.8. The minimum Gasteiger partial charge on any atom is -0.383 e. The lowest BCUT2D eigenvalue weighted by Gasteiger charge is -2.27. The van der Waals surface area contributed by atoms with E-state index in [0.717, 1.165) is 17.5 Å². The number of carbonyl (C=O) groups is 2. The van der Waals surface area contributed by atoms with Crippen LogP contribution in [0.1, 0.15) is 36.9 Å². The number of hydrogen-bond acceptors (Lipinski definition) is 4. The van der Waals surface area contributed by atoms with Crippen LogP contribution in [0.4, 0.5) is 4.79 Å². The fourth-order valence-corrected chi connectivity index (χ4v) is 3.95. The summed E-state index contributed by atoms with van der Waals surface area (Å²) in [6, 6.07) is 14.1. The zero-order chi connectivity index (χ0) is 23.8. The molecule has 1 atom stereocenters. The van der Waals surface area contributed by atoms with Gasteiger partial charge in [-0.15, -0.1) is 0 Å². The fraction of sp³-hybridized carbons (Fsp3) is 0.375. The molecule has 0 fully saturated rings. The molecule has 9 heteroatoms. The van der Waals surface area contributed by atoms with Gasteiger partial charge >= 0.3 is 6.03 Å².